The van der Waals surface area contributed by atoms with Crippen LogP contribution in [0.2, 0.25) is 0 Å². The minimum atomic E-state index is -0.135. The molecular weight excluding hydrogens is 284 g/mol. The van der Waals surface area contributed by atoms with Gasteiger partial charge in [-0.1, -0.05) is 18.2 Å². The summed E-state index contributed by atoms with van der Waals surface area (Å²) in [5.74, 6) is -0.135. The highest BCUT2D eigenvalue weighted by Crippen LogP contribution is 2.14. The van der Waals surface area contributed by atoms with Gasteiger partial charge in [-0.05, 0) is 31.3 Å². The van der Waals surface area contributed by atoms with E-state index in [2.05, 4.69) is 11.1 Å². The Morgan fingerprint density at radius 1 is 1.43 bits per heavy atom. The molecule has 1 heterocycles. The van der Waals surface area contributed by atoms with E-state index in [1.54, 1.807) is 15.7 Å². The maximum absolute atomic E-state index is 12.6. The molecule has 0 bridgehead atoms. The third kappa shape index (κ3) is 3.20. The molecule has 1 N–H and O–H groups in total. The van der Waals surface area contributed by atoms with Crippen molar-refractivity contribution >= 4 is 18.1 Å². The van der Waals surface area contributed by atoms with Gasteiger partial charge < -0.3 is 9.88 Å². The third-order valence-corrected chi connectivity index (χ3v) is 3.47. The van der Waals surface area contributed by atoms with Crippen LogP contribution in [0.25, 0.3) is 5.69 Å². The van der Waals surface area contributed by atoms with Crippen LogP contribution < -0.4 is 0 Å². The lowest BCUT2D eigenvalue weighted by molar-refractivity contribution is 0.0759. The largest absolute Gasteiger partial charge is 0.337 e. The standard InChI is InChI=1S/C15H16N4OS/c1-2-18(10-6-9-16)14(20)13-11-17-15(21)19(13)12-7-4-3-5-8-12/h3-5,7-8,11H,2,6,10H2,1H3,(H,17,21). The fraction of sp³-hybridized carbons (Fsp3) is 0.267. The number of benzene rings is 1. The van der Waals surface area contributed by atoms with Gasteiger partial charge in [0, 0.05) is 25.0 Å². The number of aromatic nitrogens is 2. The van der Waals surface area contributed by atoms with Crippen LogP contribution in [0, 0.1) is 16.1 Å². The number of nitrogens with zero attached hydrogens (tertiary/aromatic N) is 3. The molecule has 0 saturated heterocycles. The second kappa shape index (κ2) is 6.86. The lowest BCUT2D eigenvalue weighted by atomic mass is 10.3. The Labute approximate surface area is 128 Å². The Bertz CT molecular complexity index is 711. The molecular formula is C15H16N4OS. The highest BCUT2D eigenvalue weighted by molar-refractivity contribution is 7.71. The molecule has 0 aliphatic carbocycles. The van der Waals surface area contributed by atoms with Crippen molar-refractivity contribution in [1.29, 1.82) is 5.26 Å². The van der Waals surface area contributed by atoms with E-state index >= 15 is 0 Å². The minimum Gasteiger partial charge on any atom is -0.337 e. The number of rotatable bonds is 5. The highest BCUT2D eigenvalue weighted by atomic mass is 32.1. The van der Waals surface area contributed by atoms with E-state index in [-0.39, 0.29) is 5.91 Å². The fourth-order valence-corrected chi connectivity index (χ4v) is 2.37. The van der Waals surface area contributed by atoms with E-state index < -0.39 is 0 Å². The first-order valence-electron chi connectivity index (χ1n) is 6.71. The molecule has 1 aromatic heterocycles. The number of carbonyl (C=O) groups excluding carboxylic acids is 1. The van der Waals surface area contributed by atoms with Gasteiger partial charge in [0.1, 0.15) is 5.69 Å². The second-order valence-corrected chi connectivity index (χ2v) is 4.83. The summed E-state index contributed by atoms with van der Waals surface area (Å²) in [6.45, 7) is 2.86. The number of aromatic amines is 1. The van der Waals surface area contributed by atoms with Gasteiger partial charge in [-0.25, -0.2) is 0 Å². The summed E-state index contributed by atoms with van der Waals surface area (Å²) in [4.78, 5) is 17.2. The maximum atomic E-state index is 12.6. The van der Waals surface area contributed by atoms with Crippen LogP contribution in [0.3, 0.4) is 0 Å². The zero-order valence-corrected chi connectivity index (χ0v) is 12.6. The van der Waals surface area contributed by atoms with Gasteiger partial charge in [0.15, 0.2) is 4.77 Å². The Kier molecular flexibility index (Phi) is 4.90. The van der Waals surface area contributed by atoms with Crippen molar-refractivity contribution in [3.8, 4) is 11.8 Å². The molecule has 0 radical (unpaired) electrons. The normalized spacial score (nSPS) is 10.1. The summed E-state index contributed by atoms with van der Waals surface area (Å²) >= 11 is 5.27. The summed E-state index contributed by atoms with van der Waals surface area (Å²) in [6.07, 6.45) is 1.93. The second-order valence-electron chi connectivity index (χ2n) is 4.44. The van der Waals surface area contributed by atoms with Crippen molar-refractivity contribution in [3.63, 3.8) is 0 Å². The van der Waals surface area contributed by atoms with Crippen LogP contribution in [0.4, 0.5) is 0 Å². The first-order chi connectivity index (χ1) is 10.2. The van der Waals surface area contributed by atoms with E-state index in [1.165, 1.54) is 0 Å². The van der Waals surface area contributed by atoms with Gasteiger partial charge in [-0.2, -0.15) is 5.26 Å². The monoisotopic (exact) mass is 300 g/mol. The van der Waals surface area contributed by atoms with Gasteiger partial charge >= 0.3 is 0 Å². The lowest BCUT2D eigenvalue weighted by Crippen LogP contribution is -2.33. The molecule has 0 saturated carbocycles. The Hall–Kier alpha value is -2.39. The quantitative estimate of drug-likeness (QED) is 0.863. The van der Waals surface area contributed by atoms with Crippen LogP contribution >= 0.6 is 12.2 Å². The molecule has 0 fully saturated rings. The molecule has 1 aromatic carbocycles. The zero-order chi connectivity index (χ0) is 15.2. The Morgan fingerprint density at radius 3 is 2.76 bits per heavy atom. The van der Waals surface area contributed by atoms with Crippen LogP contribution in [-0.4, -0.2) is 33.4 Å². The highest BCUT2D eigenvalue weighted by Gasteiger charge is 2.19. The van der Waals surface area contributed by atoms with E-state index in [4.69, 9.17) is 17.5 Å². The smallest absolute Gasteiger partial charge is 0.272 e. The van der Waals surface area contributed by atoms with Gasteiger partial charge in [0.05, 0.1) is 12.5 Å². The SMILES string of the molecule is CCN(CCC#N)C(=O)c1c[nH]c(=S)n1-c1ccccc1. The molecule has 0 unspecified atom stereocenters. The van der Waals surface area contributed by atoms with Crippen LogP contribution in [-0.2, 0) is 0 Å². The van der Waals surface area contributed by atoms with E-state index in [1.807, 2.05) is 37.3 Å². The third-order valence-electron chi connectivity index (χ3n) is 3.17. The molecule has 0 spiro atoms. The molecule has 0 aliphatic heterocycles. The molecule has 108 valence electrons. The molecule has 21 heavy (non-hydrogen) atoms. The van der Waals surface area contributed by atoms with Crippen LogP contribution in [0.1, 0.15) is 23.8 Å². The number of hydrogen-bond donors (Lipinski definition) is 1. The van der Waals surface area contributed by atoms with Crippen LogP contribution in [0.5, 0.6) is 0 Å². The van der Waals surface area contributed by atoms with Crippen molar-refractivity contribution in [3.05, 3.63) is 47.0 Å². The number of nitriles is 1. The number of H-pyrrole nitrogens is 1. The van der Waals surface area contributed by atoms with Crippen LogP contribution in [0.15, 0.2) is 36.5 Å². The Morgan fingerprint density at radius 2 is 2.14 bits per heavy atom. The summed E-state index contributed by atoms with van der Waals surface area (Å²) in [5.41, 5.74) is 1.31. The molecule has 2 aromatic rings. The summed E-state index contributed by atoms with van der Waals surface area (Å²) in [5, 5.41) is 8.68. The Balaban J connectivity index is 2.39. The molecule has 0 atom stereocenters. The molecule has 2 rings (SSSR count). The van der Waals surface area contributed by atoms with Gasteiger partial charge in [0.2, 0.25) is 0 Å². The zero-order valence-electron chi connectivity index (χ0n) is 11.7. The summed E-state index contributed by atoms with van der Waals surface area (Å²) in [6, 6.07) is 11.5. The number of hydrogen-bond acceptors (Lipinski definition) is 3. The fourth-order valence-electron chi connectivity index (χ4n) is 2.11. The van der Waals surface area contributed by atoms with E-state index in [0.29, 0.717) is 30.0 Å². The number of nitrogens with one attached hydrogen (secondary N) is 1. The van der Waals surface area contributed by atoms with Crippen molar-refractivity contribution in [2.45, 2.75) is 13.3 Å². The minimum absolute atomic E-state index is 0.135. The number of imidazole rings is 1. The van der Waals surface area contributed by atoms with Crippen molar-refractivity contribution in [1.82, 2.24) is 14.5 Å². The summed E-state index contributed by atoms with van der Waals surface area (Å²) < 4.78 is 2.19. The first kappa shape index (κ1) is 15.0. The number of carbonyl (C=O) groups is 1. The van der Waals surface area contributed by atoms with Crippen molar-refractivity contribution in [2.75, 3.05) is 13.1 Å². The molecule has 6 heteroatoms. The number of para-hydroxylation sites is 1. The van der Waals surface area contributed by atoms with Gasteiger partial charge in [0.25, 0.3) is 5.91 Å². The predicted molar refractivity (Wildman–Crippen MR) is 82.8 cm³/mol. The number of amides is 1. The van der Waals surface area contributed by atoms with Crippen molar-refractivity contribution in [2.24, 2.45) is 0 Å². The summed E-state index contributed by atoms with van der Waals surface area (Å²) in [7, 11) is 0. The first-order valence-corrected chi connectivity index (χ1v) is 7.12. The molecule has 5 nitrogen and oxygen atoms in total. The van der Waals surface area contributed by atoms with Crippen molar-refractivity contribution < 1.29 is 4.79 Å². The molecule has 1 amide bonds. The van der Waals surface area contributed by atoms with Gasteiger partial charge in [-0.3, -0.25) is 9.36 Å². The van der Waals surface area contributed by atoms with E-state index in [9.17, 15) is 4.79 Å². The topological polar surface area (TPSA) is 64.8 Å². The average molecular weight is 300 g/mol. The predicted octanol–water partition coefficient (Wildman–Crippen LogP) is 2.91. The van der Waals surface area contributed by atoms with E-state index in [0.717, 1.165) is 5.69 Å². The van der Waals surface area contributed by atoms with Gasteiger partial charge in [-0.15, -0.1) is 0 Å². The molecule has 0 aliphatic rings. The average Bonchev–Trinajstić information content (AvgIpc) is 2.90. The lowest BCUT2D eigenvalue weighted by Gasteiger charge is -2.20. The maximum Gasteiger partial charge on any atom is 0.272 e.